The number of rotatable bonds is 6. The van der Waals surface area contributed by atoms with Gasteiger partial charge < -0.3 is 5.32 Å². The molecule has 0 heterocycles. The first kappa shape index (κ1) is 10.2. The largest absolute Gasteiger partial charge is 0.314 e. The van der Waals surface area contributed by atoms with E-state index in [-0.39, 0.29) is 0 Å². The first-order valence-electron chi connectivity index (χ1n) is 4.10. The first-order chi connectivity index (χ1) is 4.81. The summed E-state index contributed by atoms with van der Waals surface area (Å²) in [6.07, 6.45) is 3.54. The van der Waals surface area contributed by atoms with Crippen LogP contribution in [-0.4, -0.2) is 18.5 Å². The summed E-state index contributed by atoms with van der Waals surface area (Å²) in [5, 5.41) is 3.41. The number of nitrogens with one attached hydrogen (secondary N) is 1. The molecule has 62 valence electrons. The van der Waals surface area contributed by atoms with Gasteiger partial charge in [-0.25, -0.2) is 0 Å². The van der Waals surface area contributed by atoms with Crippen LogP contribution in [0.3, 0.4) is 0 Å². The molecule has 1 nitrogen and oxygen atoms in total. The van der Waals surface area contributed by atoms with Crippen LogP contribution in [0.15, 0.2) is 0 Å². The maximum atomic E-state index is 5.52. The van der Waals surface area contributed by atoms with Gasteiger partial charge in [0.25, 0.3) is 0 Å². The predicted octanol–water partition coefficient (Wildman–Crippen LogP) is 2.39. The highest BCUT2D eigenvalue weighted by Crippen LogP contribution is 1.92. The zero-order chi connectivity index (χ0) is 7.82. The Morgan fingerprint density at radius 2 is 2.10 bits per heavy atom. The lowest BCUT2D eigenvalue weighted by Gasteiger charge is -2.09. The Hall–Kier alpha value is 0.250. The van der Waals surface area contributed by atoms with E-state index in [1.807, 2.05) is 0 Å². The van der Waals surface area contributed by atoms with Gasteiger partial charge in [0.05, 0.1) is 0 Å². The van der Waals surface area contributed by atoms with Crippen molar-refractivity contribution >= 4 is 11.6 Å². The van der Waals surface area contributed by atoms with Crippen molar-refractivity contribution in [1.29, 1.82) is 0 Å². The molecule has 1 atom stereocenters. The molecule has 1 unspecified atom stereocenters. The third-order valence-corrected chi connectivity index (χ3v) is 1.93. The summed E-state index contributed by atoms with van der Waals surface area (Å²) in [5.74, 6) is 0.794. The highest BCUT2D eigenvalue weighted by Gasteiger charge is 1.94. The van der Waals surface area contributed by atoms with Gasteiger partial charge in [0, 0.05) is 11.9 Å². The van der Waals surface area contributed by atoms with Crippen LogP contribution in [0.2, 0.25) is 0 Å². The second-order valence-electron chi connectivity index (χ2n) is 2.66. The SMILES string of the molecule is CCC(C)NCCCCCl. The third kappa shape index (κ3) is 6.37. The van der Waals surface area contributed by atoms with Crippen molar-refractivity contribution in [2.45, 2.75) is 39.2 Å². The van der Waals surface area contributed by atoms with Gasteiger partial charge in [-0.2, -0.15) is 0 Å². The van der Waals surface area contributed by atoms with E-state index in [2.05, 4.69) is 19.2 Å². The van der Waals surface area contributed by atoms with Crippen LogP contribution in [-0.2, 0) is 0 Å². The molecule has 2 heteroatoms. The topological polar surface area (TPSA) is 12.0 Å². The molecule has 0 spiro atoms. The van der Waals surface area contributed by atoms with E-state index in [0.29, 0.717) is 6.04 Å². The monoisotopic (exact) mass is 163 g/mol. The van der Waals surface area contributed by atoms with Crippen molar-refractivity contribution < 1.29 is 0 Å². The maximum absolute atomic E-state index is 5.52. The van der Waals surface area contributed by atoms with Gasteiger partial charge in [-0.15, -0.1) is 11.6 Å². The van der Waals surface area contributed by atoms with E-state index in [9.17, 15) is 0 Å². The first-order valence-corrected chi connectivity index (χ1v) is 4.64. The predicted molar refractivity (Wildman–Crippen MR) is 47.7 cm³/mol. The molecule has 0 rings (SSSR count). The average molecular weight is 164 g/mol. The van der Waals surface area contributed by atoms with Crippen LogP contribution >= 0.6 is 11.6 Å². The van der Waals surface area contributed by atoms with Crippen LogP contribution in [0.5, 0.6) is 0 Å². The number of alkyl halides is 1. The molecule has 10 heavy (non-hydrogen) atoms. The Kier molecular flexibility index (Phi) is 7.54. The van der Waals surface area contributed by atoms with E-state index in [4.69, 9.17) is 11.6 Å². The maximum Gasteiger partial charge on any atom is 0.0223 e. The highest BCUT2D eigenvalue weighted by atomic mass is 35.5. The zero-order valence-corrected chi connectivity index (χ0v) is 7.75. The number of hydrogen-bond donors (Lipinski definition) is 1. The summed E-state index contributed by atoms with van der Waals surface area (Å²) in [6.45, 7) is 5.52. The molecule has 0 radical (unpaired) electrons. The van der Waals surface area contributed by atoms with Gasteiger partial charge in [0.2, 0.25) is 0 Å². The third-order valence-electron chi connectivity index (χ3n) is 1.67. The minimum Gasteiger partial charge on any atom is -0.314 e. The molecule has 0 aliphatic rings. The van der Waals surface area contributed by atoms with Crippen LogP contribution in [0.25, 0.3) is 0 Å². The minimum absolute atomic E-state index is 0.662. The van der Waals surface area contributed by atoms with Gasteiger partial charge in [-0.3, -0.25) is 0 Å². The van der Waals surface area contributed by atoms with Crippen molar-refractivity contribution in [3.63, 3.8) is 0 Å². The molecule has 0 aromatic heterocycles. The molecule has 0 aromatic rings. The minimum atomic E-state index is 0.662. The van der Waals surface area contributed by atoms with E-state index in [0.717, 1.165) is 18.8 Å². The lowest BCUT2D eigenvalue weighted by atomic mass is 10.2. The fraction of sp³-hybridized carbons (Fsp3) is 1.00. The molecule has 0 aromatic carbocycles. The van der Waals surface area contributed by atoms with E-state index in [1.165, 1.54) is 12.8 Å². The summed E-state index contributed by atoms with van der Waals surface area (Å²) < 4.78 is 0. The van der Waals surface area contributed by atoms with Crippen molar-refractivity contribution in [1.82, 2.24) is 5.32 Å². The van der Waals surface area contributed by atoms with Crippen molar-refractivity contribution in [3.8, 4) is 0 Å². The van der Waals surface area contributed by atoms with Gasteiger partial charge in [-0.05, 0) is 32.7 Å². The second kappa shape index (κ2) is 7.36. The second-order valence-corrected chi connectivity index (χ2v) is 3.04. The Morgan fingerprint density at radius 3 is 2.60 bits per heavy atom. The summed E-state index contributed by atoms with van der Waals surface area (Å²) in [4.78, 5) is 0. The molecule has 0 fully saturated rings. The molecule has 0 aliphatic carbocycles. The lowest BCUT2D eigenvalue weighted by molar-refractivity contribution is 0.522. The van der Waals surface area contributed by atoms with E-state index < -0.39 is 0 Å². The molecule has 0 saturated carbocycles. The van der Waals surface area contributed by atoms with E-state index in [1.54, 1.807) is 0 Å². The number of halogens is 1. The summed E-state index contributed by atoms with van der Waals surface area (Å²) in [5.41, 5.74) is 0. The molecule has 0 saturated heterocycles. The Bertz CT molecular complexity index is 66.3. The quantitative estimate of drug-likeness (QED) is 0.469. The van der Waals surface area contributed by atoms with Crippen LogP contribution in [0.4, 0.5) is 0 Å². The van der Waals surface area contributed by atoms with Crippen molar-refractivity contribution in [3.05, 3.63) is 0 Å². The van der Waals surface area contributed by atoms with Crippen LogP contribution < -0.4 is 5.32 Å². The molecule has 1 N–H and O–H groups in total. The molecular weight excluding hydrogens is 146 g/mol. The molecule has 0 amide bonds. The number of unbranched alkanes of at least 4 members (excludes halogenated alkanes) is 1. The zero-order valence-electron chi connectivity index (χ0n) is 6.99. The van der Waals surface area contributed by atoms with Crippen molar-refractivity contribution in [2.75, 3.05) is 12.4 Å². The van der Waals surface area contributed by atoms with Gasteiger partial charge in [0.15, 0.2) is 0 Å². The molecule has 0 bridgehead atoms. The average Bonchev–Trinajstić information content (AvgIpc) is 1.98. The smallest absolute Gasteiger partial charge is 0.0223 e. The Balaban J connectivity index is 2.89. The Morgan fingerprint density at radius 1 is 1.40 bits per heavy atom. The molecule has 0 aliphatic heterocycles. The van der Waals surface area contributed by atoms with E-state index >= 15 is 0 Å². The fourth-order valence-electron chi connectivity index (χ4n) is 0.712. The van der Waals surface area contributed by atoms with Gasteiger partial charge in [-0.1, -0.05) is 6.92 Å². The van der Waals surface area contributed by atoms with Crippen LogP contribution in [0.1, 0.15) is 33.1 Å². The Labute approximate surface area is 69.1 Å². The lowest BCUT2D eigenvalue weighted by Crippen LogP contribution is -2.26. The van der Waals surface area contributed by atoms with Gasteiger partial charge in [0.1, 0.15) is 0 Å². The van der Waals surface area contributed by atoms with Crippen molar-refractivity contribution in [2.24, 2.45) is 0 Å². The highest BCUT2D eigenvalue weighted by molar-refractivity contribution is 6.17. The fourth-order valence-corrected chi connectivity index (χ4v) is 0.901. The summed E-state index contributed by atoms with van der Waals surface area (Å²) >= 11 is 5.52. The molecular formula is C8H18ClN. The standard InChI is InChI=1S/C8H18ClN/c1-3-8(2)10-7-5-4-6-9/h8,10H,3-7H2,1-2H3. The van der Waals surface area contributed by atoms with Crippen LogP contribution in [0, 0.1) is 0 Å². The van der Waals surface area contributed by atoms with Gasteiger partial charge >= 0.3 is 0 Å². The summed E-state index contributed by atoms with van der Waals surface area (Å²) in [7, 11) is 0. The summed E-state index contributed by atoms with van der Waals surface area (Å²) in [6, 6.07) is 0.662. The number of hydrogen-bond acceptors (Lipinski definition) is 1. The normalized spacial score (nSPS) is 13.5.